The number of unbranched alkanes of at least 4 members (excludes halogenated alkanes) is 1. The van der Waals surface area contributed by atoms with Crippen LogP contribution in [0, 0.1) is 0 Å². The maximum absolute atomic E-state index is 11.3. The molecule has 0 aliphatic heterocycles. The summed E-state index contributed by atoms with van der Waals surface area (Å²) < 4.78 is 2.16. The number of carboxylic acids is 1. The molecule has 0 fully saturated rings. The molecule has 0 aliphatic rings. The summed E-state index contributed by atoms with van der Waals surface area (Å²) in [7, 11) is 0. The first-order chi connectivity index (χ1) is 9.99. The molecule has 0 amide bonds. The van der Waals surface area contributed by atoms with Crippen molar-refractivity contribution in [1.82, 2.24) is 4.57 Å². The molecule has 0 spiro atoms. The van der Waals surface area contributed by atoms with Gasteiger partial charge < -0.3 is 14.8 Å². The minimum Gasteiger partial charge on any atom is -0.478 e. The average Bonchev–Trinajstić information content (AvgIpc) is 2.83. The van der Waals surface area contributed by atoms with Gasteiger partial charge >= 0.3 is 5.97 Å². The number of aliphatic hydroxyl groups is 1. The van der Waals surface area contributed by atoms with Gasteiger partial charge in [-0.1, -0.05) is 20.3 Å². The van der Waals surface area contributed by atoms with Gasteiger partial charge in [-0.05, 0) is 37.5 Å². The fraction of sp³-hybridized carbons (Fsp3) is 0.471. The molecule has 2 aromatic rings. The highest BCUT2D eigenvalue weighted by Gasteiger charge is 2.17. The zero-order valence-corrected chi connectivity index (χ0v) is 12.9. The van der Waals surface area contributed by atoms with Crippen molar-refractivity contribution in [2.75, 3.05) is 0 Å². The number of hydrogen-bond donors (Lipinski definition) is 2. The van der Waals surface area contributed by atoms with Gasteiger partial charge in [-0.2, -0.15) is 0 Å². The molecule has 0 radical (unpaired) electrons. The predicted molar refractivity (Wildman–Crippen MR) is 83.8 cm³/mol. The van der Waals surface area contributed by atoms with Crippen LogP contribution in [-0.4, -0.2) is 20.7 Å². The van der Waals surface area contributed by atoms with Crippen LogP contribution in [0.3, 0.4) is 0 Å². The summed E-state index contributed by atoms with van der Waals surface area (Å²) in [5, 5.41) is 20.1. The SMILES string of the molecule is CCCCn1cc(C(C)O)c2cc(C(=O)O)cc(CC)c21. The molecule has 114 valence electrons. The van der Waals surface area contributed by atoms with Crippen molar-refractivity contribution in [2.24, 2.45) is 0 Å². The molecule has 1 heterocycles. The first kappa shape index (κ1) is 15.6. The molecule has 0 saturated heterocycles. The Balaban J connectivity index is 2.73. The van der Waals surface area contributed by atoms with Crippen LogP contribution in [0.25, 0.3) is 10.9 Å². The average molecular weight is 289 g/mol. The maximum atomic E-state index is 11.3. The van der Waals surface area contributed by atoms with Crippen LogP contribution in [0.1, 0.15) is 61.2 Å². The Morgan fingerprint density at radius 3 is 2.57 bits per heavy atom. The minimum atomic E-state index is -0.926. The van der Waals surface area contributed by atoms with Gasteiger partial charge in [-0.3, -0.25) is 0 Å². The second-order valence-electron chi connectivity index (χ2n) is 5.50. The second-order valence-corrected chi connectivity index (χ2v) is 5.50. The summed E-state index contributed by atoms with van der Waals surface area (Å²) in [6.07, 6.45) is 4.29. The van der Waals surface area contributed by atoms with Crippen molar-refractivity contribution in [3.63, 3.8) is 0 Å². The highest BCUT2D eigenvalue weighted by molar-refractivity contribution is 5.96. The van der Waals surface area contributed by atoms with Crippen molar-refractivity contribution in [1.29, 1.82) is 0 Å². The monoisotopic (exact) mass is 289 g/mol. The Labute approximate surface area is 125 Å². The third kappa shape index (κ3) is 2.95. The van der Waals surface area contributed by atoms with Crippen LogP contribution < -0.4 is 0 Å². The van der Waals surface area contributed by atoms with Crippen molar-refractivity contribution < 1.29 is 15.0 Å². The van der Waals surface area contributed by atoms with E-state index in [1.807, 2.05) is 13.1 Å². The lowest BCUT2D eigenvalue weighted by molar-refractivity contribution is 0.0697. The van der Waals surface area contributed by atoms with Crippen LogP contribution >= 0.6 is 0 Å². The van der Waals surface area contributed by atoms with E-state index in [0.29, 0.717) is 0 Å². The van der Waals surface area contributed by atoms with Gasteiger partial charge in [0, 0.05) is 23.7 Å². The van der Waals surface area contributed by atoms with Gasteiger partial charge in [0.2, 0.25) is 0 Å². The topological polar surface area (TPSA) is 62.5 Å². The molecule has 2 N–H and O–H groups in total. The van der Waals surface area contributed by atoms with Gasteiger partial charge in [-0.15, -0.1) is 0 Å². The van der Waals surface area contributed by atoms with Crippen LogP contribution in [0.15, 0.2) is 18.3 Å². The largest absolute Gasteiger partial charge is 0.478 e. The molecule has 4 nitrogen and oxygen atoms in total. The number of aliphatic hydroxyl groups excluding tert-OH is 1. The number of carboxylic acid groups (broad SMARTS) is 1. The number of carbonyl (C=O) groups is 1. The van der Waals surface area contributed by atoms with Gasteiger partial charge in [0.05, 0.1) is 17.2 Å². The summed E-state index contributed by atoms with van der Waals surface area (Å²) in [4.78, 5) is 11.3. The van der Waals surface area contributed by atoms with Gasteiger partial charge in [0.1, 0.15) is 0 Å². The number of benzene rings is 1. The number of aryl methyl sites for hydroxylation is 2. The van der Waals surface area contributed by atoms with Crippen LogP contribution in [0.2, 0.25) is 0 Å². The van der Waals surface area contributed by atoms with Gasteiger partial charge in [0.15, 0.2) is 0 Å². The predicted octanol–water partition coefficient (Wildman–Crippen LogP) is 3.76. The number of fused-ring (bicyclic) bond motifs is 1. The molecular weight excluding hydrogens is 266 g/mol. The number of rotatable bonds is 6. The first-order valence-corrected chi connectivity index (χ1v) is 7.56. The van der Waals surface area contributed by atoms with E-state index in [-0.39, 0.29) is 5.56 Å². The first-order valence-electron chi connectivity index (χ1n) is 7.56. The zero-order chi connectivity index (χ0) is 15.6. The highest BCUT2D eigenvalue weighted by atomic mass is 16.4. The number of nitrogens with zero attached hydrogens (tertiary/aromatic N) is 1. The summed E-state index contributed by atoms with van der Waals surface area (Å²) >= 11 is 0. The Kier molecular flexibility index (Phi) is 4.68. The molecule has 1 atom stereocenters. The number of aromatic carboxylic acids is 1. The molecule has 2 rings (SSSR count). The van der Waals surface area contributed by atoms with E-state index < -0.39 is 12.1 Å². The summed E-state index contributed by atoms with van der Waals surface area (Å²) in [5.41, 5.74) is 3.17. The van der Waals surface area contributed by atoms with E-state index in [0.717, 1.165) is 47.8 Å². The van der Waals surface area contributed by atoms with Gasteiger partial charge in [-0.25, -0.2) is 4.79 Å². The lowest BCUT2D eigenvalue weighted by Gasteiger charge is -2.09. The molecule has 1 unspecified atom stereocenters. The molecule has 0 bridgehead atoms. The quantitative estimate of drug-likeness (QED) is 0.851. The van der Waals surface area contributed by atoms with E-state index in [1.54, 1.807) is 19.1 Å². The van der Waals surface area contributed by atoms with Crippen LogP contribution in [0.5, 0.6) is 0 Å². The fourth-order valence-corrected chi connectivity index (χ4v) is 2.79. The molecule has 0 aliphatic carbocycles. The highest BCUT2D eigenvalue weighted by Crippen LogP contribution is 2.31. The smallest absolute Gasteiger partial charge is 0.335 e. The lowest BCUT2D eigenvalue weighted by Crippen LogP contribution is -2.01. The third-order valence-corrected chi connectivity index (χ3v) is 3.91. The maximum Gasteiger partial charge on any atom is 0.335 e. The number of hydrogen-bond acceptors (Lipinski definition) is 2. The summed E-state index contributed by atoms with van der Waals surface area (Å²) in [6, 6.07) is 3.43. The van der Waals surface area contributed by atoms with E-state index in [2.05, 4.69) is 11.5 Å². The molecular formula is C17H23NO3. The van der Waals surface area contributed by atoms with Crippen molar-refractivity contribution in [3.8, 4) is 0 Å². The number of aromatic nitrogens is 1. The van der Waals surface area contributed by atoms with Crippen molar-refractivity contribution in [2.45, 2.75) is 52.7 Å². The van der Waals surface area contributed by atoms with E-state index in [1.165, 1.54) is 0 Å². The Hall–Kier alpha value is -1.81. The van der Waals surface area contributed by atoms with E-state index in [4.69, 9.17) is 0 Å². The summed E-state index contributed by atoms with van der Waals surface area (Å²) in [6.45, 7) is 6.78. The normalized spacial score (nSPS) is 12.8. The minimum absolute atomic E-state index is 0.287. The summed E-state index contributed by atoms with van der Waals surface area (Å²) in [5.74, 6) is -0.926. The molecule has 1 aromatic carbocycles. The van der Waals surface area contributed by atoms with Crippen LogP contribution in [-0.2, 0) is 13.0 Å². The standard InChI is InChI=1S/C17H23NO3/c1-4-6-7-18-10-15(11(3)19)14-9-13(17(20)21)8-12(5-2)16(14)18/h8-11,19H,4-7H2,1-3H3,(H,20,21). The van der Waals surface area contributed by atoms with Crippen molar-refractivity contribution in [3.05, 3.63) is 35.0 Å². The Morgan fingerprint density at radius 1 is 1.33 bits per heavy atom. The van der Waals surface area contributed by atoms with E-state index >= 15 is 0 Å². The second kappa shape index (κ2) is 6.31. The Bertz CT molecular complexity index is 656. The van der Waals surface area contributed by atoms with E-state index in [9.17, 15) is 15.0 Å². The van der Waals surface area contributed by atoms with Crippen molar-refractivity contribution >= 4 is 16.9 Å². The molecule has 1 aromatic heterocycles. The van der Waals surface area contributed by atoms with Gasteiger partial charge in [0.25, 0.3) is 0 Å². The molecule has 4 heteroatoms. The van der Waals surface area contributed by atoms with Crippen LogP contribution in [0.4, 0.5) is 0 Å². The third-order valence-electron chi connectivity index (χ3n) is 3.91. The molecule has 0 saturated carbocycles. The zero-order valence-electron chi connectivity index (χ0n) is 12.9. The Morgan fingerprint density at radius 2 is 2.05 bits per heavy atom. The molecule has 21 heavy (non-hydrogen) atoms. The lowest BCUT2D eigenvalue weighted by atomic mass is 10.0. The fourth-order valence-electron chi connectivity index (χ4n) is 2.79.